The lowest BCUT2D eigenvalue weighted by atomic mass is 10.0. The minimum atomic E-state index is -1.08. The first-order valence-electron chi connectivity index (χ1n) is 17.7. The lowest BCUT2D eigenvalue weighted by Gasteiger charge is -2.31. The highest BCUT2D eigenvalue weighted by Gasteiger charge is 2.50. The van der Waals surface area contributed by atoms with Crippen molar-refractivity contribution >= 4 is 86.7 Å². The molecular formula is C43H42F2N6O7S2. The van der Waals surface area contributed by atoms with Crippen molar-refractivity contribution in [3.63, 3.8) is 0 Å². The molecule has 1 atom stereocenters. The number of benzene rings is 4. The first-order valence-corrected chi connectivity index (χ1v) is 18.5. The lowest BCUT2D eigenvalue weighted by molar-refractivity contribution is -0.120. The molecule has 1 heterocycles. The molecule has 0 aliphatic carbocycles. The number of aliphatic imine (C=N–C) groups is 1. The number of hydrogen-bond acceptors (Lipinski definition) is 11. The summed E-state index contributed by atoms with van der Waals surface area (Å²) >= 11 is 10.0. The first-order chi connectivity index (χ1) is 28.2. The average Bonchev–Trinajstić information content (AvgIpc) is 3.39. The van der Waals surface area contributed by atoms with Crippen molar-refractivity contribution < 1.29 is 42.5 Å². The van der Waals surface area contributed by atoms with Crippen LogP contribution in [0.2, 0.25) is 0 Å². The molecule has 2 N–H and O–H groups in total. The second kappa shape index (κ2) is 20.5. The van der Waals surface area contributed by atoms with E-state index in [1.165, 1.54) is 50.5 Å². The molecule has 4 aromatic rings. The number of amides is 1. The molecule has 1 amide bonds. The van der Waals surface area contributed by atoms with Gasteiger partial charge in [0, 0.05) is 24.2 Å². The minimum absolute atomic E-state index is 0.141. The van der Waals surface area contributed by atoms with E-state index in [-0.39, 0.29) is 22.1 Å². The van der Waals surface area contributed by atoms with Crippen LogP contribution in [0.25, 0.3) is 9.69 Å². The summed E-state index contributed by atoms with van der Waals surface area (Å²) in [4.78, 5) is 49.5. The predicted octanol–water partition coefficient (Wildman–Crippen LogP) is 9.44. The molecule has 0 radical (unpaired) electrons. The van der Waals surface area contributed by atoms with Gasteiger partial charge in [-0.15, -0.1) is 0 Å². The molecule has 1 unspecified atom stereocenters. The molecule has 13 nitrogen and oxygen atoms in total. The molecule has 0 spiro atoms. The normalized spacial score (nSPS) is 13.2. The molecule has 1 aliphatic heterocycles. The Morgan fingerprint density at radius 1 is 0.867 bits per heavy atom. The number of carbonyl (C=O) groups is 3. The second-order valence-electron chi connectivity index (χ2n) is 14.0. The van der Waals surface area contributed by atoms with Crippen molar-refractivity contribution in [1.82, 2.24) is 0 Å². The molecule has 1 saturated heterocycles. The van der Waals surface area contributed by atoms with Crippen LogP contribution >= 0.6 is 24.4 Å². The van der Waals surface area contributed by atoms with Crippen molar-refractivity contribution in [1.29, 1.82) is 0 Å². The van der Waals surface area contributed by atoms with Gasteiger partial charge in [-0.25, -0.2) is 28.1 Å². The second-order valence-corrected chi connectivity index (χ2v) is 14.5. The SMILES string of the molecule is COC(=O)c1ccc(NC(C)(C)C(O)OC)cc1F.[C-]#[N+]c1ccc(N2C(=O)C(C)(C)N(c3ccc(C(=O)OC)c(F)c3)C2=S)cc1C.[C-]#[N+]c1ccc(N=C=S)cc1C. The predicted molar refractivity (Wildman–Crippen MR) is 232 cm³/mol. The number of hydrogen-bond donors (Lipinski definition) is 2. The maximum absolute atomic E-state index is 14.5. The largest absolute Gasteiger partial charge is 0.465 e. The van der Waals surface area contributed by atoms with Crippen molar-refractivity contribution in [3.8, 4) is 0 Å². The fraction of sp³-hybridized carbons (Fsp3) is 0.279. The van der Waals surface area contributed by atoms with E-state index in [2.05, 4.69) is 46.9 Å². The average molecular weight is 857 g/mol. The summed E-state index contributed by atoms with van der Waals surface area (Å²) in [6.07, 6.45) is -1.06. The fourth-order valence-electron chi connectivity index (χ4n) is 5.76. The number of aliphatic hydroxyl groups excluding tert-OH is 1. The van der Waals surface area contributed by atoms with Gasteiger partial charge in [-0.2, -0.15) is 4.99 Å². The van der Waals surface area contributed by atoms with Crippen LogP contribution in [-0.2, 0) is 19.0 Å². The maximum Gasteiger partial charge on any atom is 0.340 e. The number of isothiocyanates is 1. The Kier molecular flexibility index (Phi) is 16.4. The van der Waals surface area contributed by atoms with E-state index in [1.807, 2.05) is 13.0 Å². The molecule has 17 heteroatoms. The number of carbonyl (C=O) groups excluding carboxylic acids is 3. The molecule has 312 valence electrons. The number of methoxy groups -OCH3 is 3. The number of nitrogens with zero attached hydrogens (tertiary/aromatic N) is 5. The van der Waals surface area contributed by atoms with Gasteiger partial charge in [-0.1, -0.05) is 12.1 Å². The quantitative estimate of drug-likeness (QED) is 0.0548. The number of thiocarbonyl (C=S) groups is 2. The number of anilines is 3. The number of halogens is 2. The zero-order chi connectivity index (χ0) is 45.1. The Morgan fingerprint density at radius 3 is 1.85 bits per heavy atom. The summed E-state index contributed by atoms with van der Waals surface area (Å²) in [5.74, 6) is -3.27. The number of nitrogens with one attached hydrogen (secondary N) is 1. The summed E-state index contributed by atoms with van der Waals surface area (Å²) in [5.41, 5.74) is 2.58. The van der Waals surface area contributed by atoms with E-state index in [0.29, 0.717) is 28.4 Å². The van der Waals surface area contributed by atoms with E-state index < -0.39 is 40.9 Å². The summed E-state index contributed by atoms with van der Waals surface area (Å²) in [7, 11) is 3.73. The van der Waals surface area contributed by atoms with Crippen LogP contribution in [-0.4, -0.2) is 71.9 Å². The molecule has 1 fully saturated rings. The van der Waals surface area contributed by atoms with Gasteiger partial charge in [0.15, 0.2) is 22.8 Å². The molecule has 0 aromatic heterocycles. The third kappa shape index (κ3) is 11.0. The molecule has 0 bridgehead atoms. The van der Waals surface area contributed by atoms with E-state index in [9.17, 15) is 28.3 Å². The van der Waals surface area contributed by atoms with Gasteiger partial charge in [0.1, 0.15) is 17.2 Å². The van der Waals surface area contributed by atoms with Gasteiger partial charge in [-0.3, -0.25) is 9.69 Å². The highest BCUT2D eigenvalue weighted by Crippen LogP contribution is 2.38. The Bertz CT molecular complexity index is 2440. The number of rotatable bonds is 9. The van der Waals surface area contributed by atoms with Crippen LogP contribution in [0.3, 0.4) is 0 Å². The van der Waals surface area contributed by atoms with E-state index in [4.69, 9.17) is 30.1 Å². The van der Waals surface area contributed by atoms with E-state index >= 15 is 0 Å². The van der Waals surface area contributed by atoms with Crippen LogP contribution in [0, 0.1) is 38.6 Å². The smallest absolute Gasteiger partial charge is 0.340 e. The zero-order valence-corrected chi connectivity index (χ0v) is 35.8. The standard InChI is InChI=1S/C21H18FN3O3S.C13H18FNO4.C9H6N2S/c1-12-10-13(7-9-17(12)23-4)24-19(27)21(2,3)25(20(24)29)14-6-8-15(16(22)11-14)18(26)28-5;1-13(2,12(17)19-4)15-8-5-6-9(10(14)7-8)11(16)18-3;1-7-5-8(11-6-12)3-4-9(7)10-2/h6-11H,1-3,5H3;5-7,12,15,17H,1-4H3;3-5H,1H3. The van der Waals surface area contributed by atoms with Crippen molar-refractivity contribution in [3.05, 3.63) is 130 Å². The van der Waals surface area contributed by atoms with Crippen LogP contribution in [0.15, 0.2) is 77.8 Å². The van der Waals surface area contributed by atoms with Crippen LogP contribution < -0.4 is 15.1 Å². The molecule has 5 rings (SSSR count). The molecule has 60 heavy (non-hydrogen) atoms. The van der Waals surface area contributed by atoms with Crippen LogP contribution in [0.1, 0.15) is 59.5 Å². The van der Waals surface area contributed by atoms with Gasteiger partial charge in [0.25, 0.3) is 5.91 Å². The molecule has 4 aromatic carbocycles. The fourth-order valence-corrected chi connectivity index (χ4v) is 6.39. The summed E-state index contributed by atoms with van der Waals surface area (Å²) in [5, 5.41) is 15.0. The third-order valence-corrected chi connectivity index (χ3v) is 9.46. The Labute approximate surface area is 357 Å². The van der Waals surface area contributed by atoms with Crippen molar-refractivity contribution in [2.24, 2.45) is 4.99 Å². The monoisotopic (exact) mass is 856 g/mol. The topological polar surface area (TPSA) is 139 Å². The Morgan fingerprint density at radius 2 is 1.38 bits per heavy atom. The first kappa shape index (κ1) is 47.9. The number of aryl methyl sites for hydroxylation is 2. The Balaban J connectivity index is 0.000000266. The zero-order valence-electron chi connectivity index (χ0n) is 34.2. The summed E-state index contributed by atoms with van der Waals surface area (Å²) in [6.45, 7) is 24.4. The van der Waals surface area contributed by atoms with Gasteiger partial charge in [0.2, 0.25) is 0 Å². The van der Waals surface area contributed by atoms with Gasteiger partial charge in [-0.05, 0) is 138 Å². The van der Waals surface area contributed by atoms with E-state index in [1.54, 1.807) is 69.9 Å². The van der Waals surface area contributed by atoms with Crippen molar-refractivity contribution in [2.75, 3.05) is 36.4 Å². The van der Waals surface area contributed by atoms with Crippen LogP contribution in [0.5, 0.6) is 0 Å². The van der Waals surface area contributed by atoms with Gasteiger partial charge < -0.3 is 29.5 Å². The Hall–Kier alpha value is -6.46. The highest BCUT2D eigenvalue weighted by atomic mass is 32.1. The summed E-state index contributed by atoms with van der Waals surface area (Å²) < 4.78 is 42.0. The maximum atomic E-state index is 14.5. The van der Waals surface area contributed by atoms with Gasteiger partial charge in [0.05, 0.1) is 54.9 Å². The number of esters is 2. The third-order valence-electron chi connectivity index (χ3n) is 9.00. The van der Waals surface area contributed by atoms with Crippen molar-refractivity contribution in [2.45, 2.75) is 58.9 Å². The summed E-state index contributed by atoms with van der Waals surface area (Å²) in [6, 6.07) is 18.3. The molecular weight excluding hydrogens is 815 g/mol. The minimum Gasteiger partial charge on any atom is -0.465 e. The van der Waals surface area contributed by atoms with E-state index in [0.717, 1.165) is 28.9 Å². The lowest BCUT2D eigenvalue weighted by Crippen LogP contribution is -2.44. The molecule has 1 aliphatic rings. The number of ether oxygens (including phenoxy) is 3. The molecule has 0 saturated carbocycles. The highest BCUT2D eigenvalue weighted by molar-refractivity contribution is 7.81. The number of aliphatic hydroxyl groups is 1. The van der Waals surface area contributed by atoms with Gasteiger partial charge >= 0.3 is 11.9 Å². The van der Waals surface area contributed by atoms with Crippen LogP contribution in [0.4, 0.5) is 42.9 Å².